The van der Waals surface area contributed by atoms with Crippen molar-refractivity contribution in [1.29, 1.82) is 0 Å². The Kier molecular flexibility index (Phi) is 5.00. The van der Waals surface area contributed by atoms with Gasteiger partial charge in [0.1, 0.15) is 0 Å². The summed E-state index contributed by atoms with van der Waals surface area (Å²) in [6.07, 6.45) is 2.05. The molecule has 2 heterocycles. The van der Waals surface area contributed by atoms with E-state index in [1.165, 1.54) is 0 Å². The van der Waals surface area contributed by atoms with E-state index >= 15 is 0 Å². The van der Waals surface area contributed by atoms with Crippen LogP contribution in [0.5, 0.6) is 0 Å². The van der Waals surface area contributed by atoms with Gasteiger partial charge in [0.25, 0.3) is 0 Å². The highest BCUT2D eigenvalue weighted by molar-refractivity contribution is 6.30. The van der Waals surface area contributed by atoms with Crippen molar-refractivity contribution in [1.82, 2.24) is 9.47 Å². The van der Waals surface area contributed by atoms with Crippen molar-refractivity contribution in [3.8, 4) is 5.69 Å². The number of nitrogens with zero attached hydrogens (tertiary/aromatic N) is 2. The number of anilines is 1. The van der Waals surface area contributed by atoms with Crippen LogP contribution in [0.3, 0.4) is 0 Å². The van der Waals surface area contributed by atoms with Crippen LogP contribution >= 0.6 is 11.6 Å². The zero-order valence-electron chi connectivity index (χ0n) is 17.1. The second kappa shape index (κ2) is 7.97. The molecule has 1 aromatic heterocycles. The molecule has 0 saturated heterocycles. The molecule has 0 aliphatic carbocycles. The normalized spacial score (nSPS) is 15.0. The number of urea groups is 1. The number of carbonyl (C=O) groups excluding carboxylic acids is 1. The number of hydrogen-bond acceptors (Lipinski definition) is 1. The van der Waals surface area contributed by atoms with Crippen LogP contribution in [0.2, 0.25) is 5.02 Å². The van der Waals surface area contributed by atoms with Gasteiger partial charge in [0.15, 0.2) is 0 Å². The SMILES string of the molecule is Cc1cccc(NC(=O)N2Cc3ccccc3-n3cccc3C2c2ccc(Cl)cc2)c1. The number of carbonyl (C=O) groups is 1. The first kappa shape index (κ1) is 19.5. The number of aromatic nitrogens is 1. The van der Waals surface area contributed by atoms with E-state index in [1.54, 1.807) is 0 Å². The maximum Gasteiger partial charge on any atom is 0.322 e. The quantitative estimate of drug-likeness (QED) is 0.385. The summed E-state index contributed by atoms with van der Waals surface area (Å²) in [6.45, 7) is 2.50. The van der Waals surface area contributed by atoms with Crippen molar-refractivity contribution >= 4 is 23.3 Å². The van der Waals surface area contributed by atoms with Crippen LogP contribution in [-0.4, -0.2) is 15.5 Å². The second-order valence-corrected chi connectivity index (χ2v) is 8.25. The lowest BCUT2D eigenvalue weighted by Gasteiger charge is -2.31. The summed E-state index contributed by atoms with van der Waals surface area (Å²) in [5, 5.41) is 3.77. The average Bonchev–Trinajstić information content (AvgIpc) is 3.19. The van der Waals surface area contributed by atoms with Crippen molar-refractivity contribution in [3.05, 3.63) is 119 Å². The molecular formula is C26H22ClN3O. The van der Waals surface area contributed by atoms with E-state index in [4.69, 9.17) is 11.6 Å². The lowest BCUT2D eigenvalue weighted by Crippen LogP contribution is -2.37. The minimum absolute atomic E-state index is 0.144. The molecule has 31 heavy (non-hydrogen) atoms. The molecule has 0 bridgehead atoms. The summed E-state index contributed by atoms with van der Waals surface area (Å²) in [6, 6.07) is 27.5. The van der Waals surface area contributed by atoms with Gasteiger partial charge in [-0.2, -0.15) is 0 Å². The third-order valence-electron chi connectivity index (χ3n) is 5.68. The van der Waals surface area contributed by atoms with E-state index < -0.39 is 0 Å². The molecule has 0 radical (unpaired) electrons. The third kappa shape index (κ3) is 3.71. The predicted molar refractivity (Wildman–Crippen MR) is 125 cm³/mol. The number of amides is 2. The highest BCUT2D eigenvalue weighted by Gasteiger charge is 2.32. The molecule has 5 heteroatoms. The van der Waals surface area contributed by atoms with Gasteiger partial charge < -0.3 is 14.8 Å². The van der Waals surface area contributed by atoms with E-state index in [0.29, 0.717) is 11.6 Å². The number of aryl methyl sites for hydroxylation is 1. The Labute approximate surface area is 186 Å². The minimum atomic E-state index is -0.260. The largest absolute Gasteiger partial charge is 0.322 e. The molecule has 5 rings (SSSR count). The first-order valence-electron chi connectivity index (χ1n) is 10.3. The summed E-state index contributed by atoms with van der Waals surface area (Å²) in [5.74, 6) is 0. The Morgan fingerprint density at radius 2 is 1.77 bits per heavy atom. The summed E-state index contributed by atoms with van der Waals surface area (Å²) in [5.41, 5.74) is 6.11. The van der Waals surface area contributed by atoms with Gasteiger partial charge in [-0.1, -0.05) is 54.1 Å². The van der Waals surface area contributed by atoms with Crippen LogP contribution in [0, 0.1) is 6.92 Å². The van der Waals surface area contributed by atoms with Crippen LogP contribution in [-0.2, 0) is 6.54 Å². The molecule has 1 aliphatic rings. The fourth-order valence-corrected chi connectivity index (χ4v) is 4.38. The first-order valence-corrected chi connectivity index (χ1v) is 10.6. The Hall–Kier alpha value is -3.50. The summed E-state index contributed by atoms with van der Waals surface area (Å²) < 4.78 is 2.18. The Balaban J connectivity index is 1.63. The maximum atomic E-state index is 13.6. The highest BCUT2D eigenvalue weighted by Crippen LogP contribution is 2.37. The van der Waals surface area contributed by atoms with E-state index in [-0.39, 0.29) is 12.1 Å². The molecule has 4 nitrogen and oxygen atoms in total. The van der Waals surface area contributed by atoms with Gasteiger partial charge in [-0.15, -0.1) is 0 Å². The Bertz CT molecular complexity index is 1250. The minimum Gasteiger partial charge on any atom is -0.318 e. The fourth-order valence-electron chi connectivity index (χ4n) is 4.25. The van der Waals surface area contributed by atoms with Crippen molar-refractivity contribution in [2.75, 3.05) is 5.32 Å². The molecule has 0 spiro atoms. The van der Waals surface area contributed by atoms with Gasteiger partial charge in [0, 0.05) is 22.6 Å². The van der Waals surface area contributed by atoms with Gasteiger partial charge in [0.05, 0.1) is 18.3 Å². The topological polar surface area (TPSA) is 37.3 Å². The number of rotatable bonds is 2. The molecule has 2 amide bonds. The molecular weight excluding hydrogens is 406 g/mol. The zero-order chi connectivity index (χ0) is 21.4. The van der Waals surface area contributed by atoms with Crippen LogP contribution in [0.25, 0.3) is 5.69 Å². The van der Waals surface area contributed by atoms with Crippen molar-refractivity contribution in [2.45, 2.75) is 19.5 Å². The molecule has 4 aromatic rings. The lowest BCUT2D eigenvalue weighted by molar-refractivity contribution is 0.194. The van der Waals surface area contributed by atoms with E-state index in [0.717, 1.165) is 33.8 Å². The number of fused-ring (bicyclic) bond motifs is 3. The van der Waals surface area contributed by atoms with Crippen molar-refractivity contribution in [2.24, 2.45) is 0 Å². The van der Waals surface area contributed by atoms with Crippen LogP contribution in [0.4, 0.5) is 10.5 Å². The van der Waals surface area contributed by atoms with Crippen LogP contribution in [0.1, 0.15) is 28.4 Å². The van der Waals surface area contributed by atoms with Gasteiger partial charge in [-0.3, -0.25) is 0 Å². The molecule has 1 N–H and O–H groups in total. The molecule has 1 aliphatic heterocycles. The van der Waals surface area contributed by atoms with E-state index in [1.807, 2.05) is 78.6 Å². The number of hydrogen-bond donors (Lipinski definition) is 1. The predicted octanol–water partition coefficient (Wildman–Crippen LogP) is 6.58. The highest BCUT2D eigenvalue weighted by atomic mass is 35.5. The fraction of sp³-hybridized carbons (Fsp3) is 0.115. The van der Waals surface area contributed by atoms with Crippen molar-refractivity contribution in [3.63, 3.8) is 0 Å². The zero-order valence-corrected chi connectivity index (χ0v) is 17.9. The number of benzene rings is 3. The first-order chi connectivity index (χ1) is 15.1. The van der Waals surface area contributed by atoms with E-state index in [9.17, 15) is 4.79 Å². The summed E-state index contributed by atoms with van der Waals surface area (Å²) in [7, 11) is 0. The van der Waals surface area contributed by atoms with E-state index in [2.05, 4.69) is 34.3 Å². The average molecular weight is 428 g/mol. The number of halogens is 1. The maximum absolute atomic E-state index is 13.6. The summed E-state index contributed by atoms with van der Waals surface area (Å²) in [4.78, 5) is 15.5. The smallest absolute Gasteiger partial charge is 0.318 e. The molecule has 0 fully saturated rings. The third-order valence-corrected chi connectivity index (χ3v) is 5.93. The Morgan fingerprint density at radius 1 is 0.968 bits per heavy atom. The van der Waals surface area contributed by atoms with Gasteiger partial charge in [-0.05, 0) is 66.1 Å². The van der Waals surface area contributed by atoms with Gasteiger partial charge >= 0.3 is 6.03 Å². The molecule has 1 atom stereocenters. The monoisotopic (exact) mass is 427 g/mol. The van der Waals surface area contributed by atoms with Crippen molar-refractivity contribution < 1.29 is 4.79 Å². The van der Waals surface area contributed by atoms with Gasteiger partial charge in [0.2, 0.25) is 0 Å². The molecule has 3 aromatic carbocycles. The second-order valence-electron chi connectivity index (χ2n) is 7.81. The van der Waals surface area contributed by atoms with Crippen LogP contribution in [0.15, 0.2) is 91.1 Å². The molecule has 0 saturated carbocycles. The number of para-hydroxylation sites is 1. The number of nitrogens with one attached hydrogen (secondary N) is 1. The molecule has 154 valence electrons. The Morgan fingerprint density at radius 3 is 2.58 bits per heavy atom. The van der Waals surface area contributed by atoms with Gasteiger partial charge in [-0.25, -0.2) is 4.79 Å². The summed E-state index contributed by atoms with van der Waals surface area (Å²) >= 11 is 6.16. The van der Waals surface area contributed by atoms with Crippen LogP contribution < -0.4 is 5.32 Å². The standard InChI is InChI=1S/C26H22ClN3O/c1-18-6-4-8-22(16-18)28-26(31)30-17-20-7-2-3-9-23(20)29-15-5-10-24(29)25(30)19-11-13-21(27)14-12-19/h2-16,25H,17H2,1H3,(H,28,31). The molecule has 1 unspecified atom stereocenters. The lowest BCUT2D eigenvalue weighted by atomic mass is 10.0.